The maximum absolute atomic E-state index is 13.7. The number of halogens is 1. The Balaban J connectivity index is 2.01. The number of nitrogens with zero attached hydrogens (tertiary/aromatic N) is 1. The molecule has 3 N–H and O–H groups in total. The summed E-state index contributed by atoms with van der Waals surface area (Å²) in [6.07, 6.45) is 0. The summed E-state index contributed by atoms with van der Waals surface area (Å²) in [6.45, 7) is 0. The van der Waals surface area contributed by atoms with Crippen molar-refractivity contribution in [1.82, 2.24) is 0 Å². The Hall–Kier alpha value is -4.12. The van der Waals surface area contributed by atoms with E-state index in [4.69, 9.17) is 14.9 Å². The van der Waals surface area contributed by atoms with Gasteiger partial charge in [0.15, 0.2) is 11.2 Å². The van der Waals surface area contributed by atoms with Gasteiger partial charge in [0.25, 0.3) is 0 Å². The summed E-state index contributed by atoms with van der Waals surface area (Å²) in [7, 11) is 0. The van der Waals surface area contributed by atoms with Crippen LogP contribution in [-0.2, 0) is 10.2 Å². The molecule has 1 aromatic heterocycles. The molecule has 2 aliphatic heterocycles. The fourth-order valence-corrected chi connectivity index (χ4v) is 3.94. The number of fused-ring (bicyclic) bond motifs is 6. The highest BCUT2D eigenvalue weighted by Crippen LogP contribution is 2.53. The Morgan fingerprint density at radius 2 is 1.96 bits per heavy atom. The lowest BCUT2D eigenvalue weighted by Gasteiger charge is -2.32. The number of hydrogen-bond acceptors (Lipinski definition) is 6. The monoisotopic (exact) mass is 375 g/mol. The van der Waals surface area contributed by atoms with Crippen molar-refractivity contribution in [2.45, 2.75) is 5.41 Å². The lowest BCUT2D eigenvalue weighted by molar-refractivity contribution is -0.118. The minimum atomic E-state index is -1.89. The van der Waals surface area contributed by atoms with Gasteiger partial charge in [-0.1, -0.05) is 18.2 Å². The van der Waals surface area contributed by atoms with Crippen LogP contribution < -0.4 is 21.4 Å². The molecular weight excluding hydrogens is 365 g/mol. The Kier molecular flexibility index (Phi) is 2.99. The molecule has 0 bridgehead atoms. The van der Waals surface area contributed by atoms with E-state index in [0.29, 0.717) is 5.39 Å². The van der Waals surface area contributed by atoms with E-state index >= 15 is 0 Å². The van der Waals surface area contributed by atoms with E-state index in [-0.39, 0.29) is 39.6 Å². The molecule has 2 aliphatic rings. The predicted octanol–water partition coefficient (Wildman–Crippen LogP) is 2.26. The summed E-state index contributed by atoms with van der Waals surface area (Å²) >= 11 is 0. The van der Waals surface area contributed by atoms with Crippen LogP contribution in [0, 0.1) is 17.1 Å². The van der Waals surface area contributed by atoms with Crippen LogP contribution in [0.2, 0.25) is 0 Å². The second-order valence-electron chi connectivity index (χ2n) is 6.44. The van der Waals surface area contributed by atoms with Crippen LogP contribution in [0.5, 0.6) is 5.75 Å². The molecule has 2 aromatic carbocycles. The number of carbonyl (C=O) groups excluding carboxylic acids is 1. The quantitative estimate of drug-likeness (QED) is 0.582. The van der Waals surface area contributed by atoms with Crippen molar-refractivity contribution >= 4 is 22.6 Å². The number of amides is 1. The van der Waals surface area contributed by atoms with Gasteiger partial charge in [-0.2, -0.15) is 5.26 Å². The number of nitriles is 1. The number of benzene rings is 2. The summed E-state index contributed by atoms with van der Waals surface area (Å²) in [5, 5.41) is 12.7. The maximum Gasteiger partial charge on any atom is 0.345 e. The number of nitrogens with two attached hydrogens (primary N) is 1. The van der Waals surface area contributed by atoms with Crippen molar-refractivity contribution in [2.75, 3.05) is 5.32 Å². The summed E-state index contributed by atoms with van der Waals surface area (Å²) < 4.78 is 24.7. The molecule has 0 saturated carbocycles. The topological polar surface area (TPSA) is 118 Å². The average Bonchev–Trinajstić information content (AvgIpc) is 2.93. The van der Waals surface area contributed by atoms with Gasteiger partial charge in [-0.05, 0) is 24.3 Å². The highest BCUT2D eigenvalue weighted by molar-refractivity contribution is 6.13. The van der Waals surface area contributed by atoms with Gasteiger partial charge in [-0.3, -0.25) is 4.79 Å². The van der Waals surface area contributed by atoms with Crippen molar-refractivity contribution in [1.29, 1.82) is 5.26 Å². The molecule has 28 heavy (non-hydrogen) atoms. The number of hydrogen-bond donors (Lipinski definition) is 2. The van der Waals surface area contributed by atoms with Crippen LogP contribution >= 0.6 is 0 Å². The molecule has 1 amide bonds. The third kappa shape index (κ3) is 1.75. The second-order valence-corrected chi connectivity index (χ2v) is 6.44. The number of nitrogens with one attached hydrogen (secondary N) is 1. The van der Waals surface area contributed by atoms with Crippen LogP contribution in [0.15, 0.2) is 63.1 Å². The van der Waals surface area contributed by atoms with Gasteiger partial charge in [0.1, 0.15) is 28.6 Å². The van der Waals surface area contributed by atoms with Crippen molar-refractivity contribution in [2.24, 2.45) is 5.73 Å². The van der Waals surface area contributed by atoms with E-state index in [2.05, 4.69) is 5.32 Å². The Bertz CT molecular complexity index is 1350. The third-order valence-corrected chi connectivity index (χ3v) is 5.06. The van der Waals surface area contributed by atoms with Crippen LogP contribution in [-0.4, -0.2) is 5.91 Å². The fourth-order valence-electron chi connectivity index (χ4n) is 3.94. The summed E-state index contributed by atoms with van der Waals surface area (Å²) in [4.78, 5) is 26.1. The zero-order chi connectivity index (χ0) is 19.6. The minimum absolute atomic E-state index is 0.0377. The normalized spacial score (nSPS) is 19.8. The molecule has 1 spiro atoms. The molecule has 1 atom stereocenters. The van der Waals surface area contributed by atoms with Gasteiger partial charge < -0.3 is 20.2 Å². The van der Waals surface area contributed by atoms with Crippen LogP contribution in [0.25, 0.3) is 11.0 Å². The number of anilines is 1. The molecule has 0 fully saturated rings. The third-order valence-electron chi connectivity index (χ3n) is 5.06. The van der Waals surface area contributed by atoms with Crippen LogP contribution in [0.1, 0.15) is 11.1 Å². The molecule has 8 heteroatoms. The highest BCUT2D eigenvalue weighted by atomic mass is 19.1. The first kappa shape index (κ1) is 16.1. The van der Waals surface area contributed by atoms with Crippen LogP contribution in [0.4, 0.5) is 10.1 Å². The number of para-hydroxylation sites is 1. The SMILES string of the molecule is N#CC1=C(N)Oc2c(c(=O)oc3ccccc23)C12C(=O)Nc1cc(F)ccc12. The van der Waals surface area contributed by atoms with Crippen molar-refractivity contribution in [3.8, 4) is 11.8 Å². The lowest BCUT2D eigenvalue weighted by Crippen LogP contribution is -2.45. The largest absolute Gasteiger partial charge is 0.439 e. The zero-order valence-corrected chi connectivity index (χ0v) is 14.1. The van der Waals surface area contributed by atoms with E-state index in [1.54, 1.807) is 24.3 Å². The van der Waals surface area contributed by atoms with Crippen molar-refractivity contribution in [3.05, 3.63) is 81.3 Å². The van der Waals surface area contributed by atoms with E-state index < -0.39 is 22.8 Å². The summed E-state index contributed by atoms with van der Waals surface area (Å²) in [5.41, 5.74) is 3.45. The van der Waals surface area contributed by atoms with E-state index in [1.807, 2.05) is 6.07 Å². The molecular formula is C20H10FN3O4. The Labute approximate surface area is 156 Å². The van der Waals surface area contributed by atoms with Gasteiger partial charge in [0.05, 0.1) is 5.39 Å². The van der Waals surface area contributed by atoms with Gasteiger partial charge in [-0.25, -0.2) is 9.18 Å². The minimum Gasteiger partial charge on any atom is -0.439 e. The lowest BCUT2D eigenvalue weighted by atomic mass is 9.69. The van der Waals surface area contributed by atoms with Gasteiger partial charge in [0, 0.05) is 11.3 Å². The smallest absolute Gasteiger partial charge is 0.345 e. The number of rotatable bonds is 0. The zero-order valence-electron chi connectivity index (χ0n) is 14.1. The fraction of sp³-hybridized carbons (Fsp3) is 0.0500. The Morgan fingerprint density at radius 3 is 2.75 bits per heavy atom. The molecule has 0 saturated heterocycles. The maximum atomic E-state index is 13.7. The van der Waals surface area contributed by atoms with Gasteiger partial charge in [-0.15, -0.1) is 0 Å². The van der Waals surface area contributed by atoms with Crippen molar-refractivity contribution < 1.29 is 18.3 Å². The summed E-state index contributed by atoms with van der Waals surface area (Å²) in [6, 6.07) is 12.1. The second kappa shape index (κ2) is 5.20. The molecule has 7 nitrogen and oxygen atoms in total. The predicted molar refractivity (Wildman–Crippen MR) is 95.7 cm³/mol. The molecule has 5 rings (SSSR count). The highest BCUT2D eigenvalue weighted by Gasteiger charge is 2.58. The molecule has 3 aromatic rings. The van der Waals surface area contributed by atoms with E-state index in [1.165, 1.54) is 6.07 Å². The van der Waals surface area contributed by atoms with Gasteiger partial charge in [0.2, 0.25) is 11.8 Å². The first-order valence-electron chi connectivity index (χ1n) is 8.24. The van der Waals surface area contributed by atoms with Crippen LogP contribution in [0.3, 0.4) is 0 Å². The van der Waals surface area contributed by atoms with Gasteiger partial charge >= 0.3 is 5.63 Å². The molecule has 0 aliphatic carbocycles. The van der Waals surface area contributed by atoms with E-state index in [0.717, 1.165) is 12.1 Å². The molecule has 136 valence electrons. The van der Waals surface area contributed by atoms with E-state index in [9.17, 15) is 19.2 Å². The first-order chi connectivity index (χ1) is 13.5. The molecule has 3 heterocycles. The summed E-state index contributed by atoms with van der Waals surface area (Å²) in [5.74, 6) is -1.56. The number of carbonyl (C=O) groups is 1. The molecule has 0 radical (unpaired) electrons. The first-order valence-corrected chi connectivity index (χ1v) is 8.24. The Morgan fingerprint density at radius 1 is 1.18 bits per heavy atom. The molecule has 1 unspecified atom stereocenters. The standard InChI is InChI=1S/C20H10FN3O4/c21-9-5-6-11-13(7-9)24-19(26)20(11)12(8-22)17(23)28-16-10-3-1-2-4-14(10)27-18(25)15(16)20/h1-7H,23H2,(H,24,26). The average molecular weight is 375 g/mol. The van der Waals surface area contributed by atoms with Crippen molar-refractivity contribution in [3.63, 3.8) is 0 Å². The number of ether oxygens (including phenoxy) is 1.